The number of hydrogen-bond donors (Lipinski definition) is 2. The molecular formula is C16H16N2O4S. The monoisotopic (exact) mass is 332 g/mol. The summed E-state index contributed by atoms with van der Waals surface area (Å²) in [5.74, 6) is 0.385. The highest BCUT2D eigenvalue weighted by molar-refractivity contribution is 7.12. The summed E-state index contributed by atoms with van der Waals surface area (Å²) in [5.41, 5.74) is 5.42. The zero-order valence-electron chi connectivity index (χ0n) is 12.7. The molecule has 0 unspecified atom stereocenters. The predicted molar refractivity (Wildman–Crippen MR) is 88.5 cm³/mol. The third-order valence-corrected chi connectivity index (χ3v) is 3.75. The average molecular weight is 332 g/mol. The van der Waals surface area contributed by atoms with E-state index < -0.39 is 5.91 Å². The van der Waals surface area contributed by atoms with Crippen LogP contribution in [0.4, 0.5) is 0 Å². The van der Waals surface area contributed by atoms with E-state index in [1.165, 1.54) is 24.5 Å². The van der Waals surface area contributed by atoms with Crippen molar-refractivity contribution in [3.8, 4) is 11.5 Å². The zero-order valence-corrected chi connectivity index (χ0v) is 13.5. The van der Waals surface area contributed by atoms with Gasteiger partial charge in [0.05, 0.1) is 19.1 Å². The largest absolute Gasteiger partial charge is 0.493 e. The van der Waals surface area contributed by atoms with Crippen molar-refractivity contribution in [2.45, 2.75) is 0 Å². The maximum atomic E-state index is 11.7. The summed E-state index contributed by atoms with van der Waals surface area (Å²) in [6, 6.07) is 8.71. The first-order valence-corrected chi connectivity index (χ1v) is 7.56. The quantitative estimate of drug-likeness (QED) is 0.650. The van der Waals surface area contributed by atoms with Gasteiger partial charge in [0.25, 0.3) is 11.8 Å². The number of hydrazine groups is 1. The van der Waals surface area contributed by atoms with E-state index in [0.717, 1.165) is 5.56 Å². The van der Waals surface area contributed by atoms with Crippen LogP contribution in [0.3, 0.4) is 0 Å². The van der Waals surface area contributed by atoms with Gasteiger partial charge in [-0.05, 0) is 35.2 Å². The van der Waals surface area contributed by atoms with Gasteiger partial charge in [0.15, 0.2) is 11.5 Å². The summed E-state index contributed by atoms with van der Waals surface area (Å²) < 4.78 is 10.3. The molecule has 0 radical (unpaired) electrons. The van der Waals surface area contributed by atoms with Crippen molar-refractivity contribution in [2.75, 3.05) is 14.2 Å². The van der Waals surface area contributed by atoms with Gasteiger partial charge in [0.1, 0.15) is 0 Å². The molecule has 1 aromatic heterocycles. The highest BCUT2D eigenvalue weighted by Crippen LogP contribution is 2.27. The molecule has 0 saturated carbocycles. The molecule has 6 nitrogen and oxygen atoms in total. The van der Waals surface area contributed by atoms with Gasteiger partial charge in [-0.25, -0.2) is 0 Å². The lowest BCUT2D eigenvalue weighted by Crippen LogP contribution is -2.40. The number of carbonyl (C=O) groups is 2. The molecule has 2 amide bonds. The number of amides is 2. The van der Waals surface area contributed by atoms with Crippen LogP contribution in [0.15, 0.2) is 41.8 Å². The molecule has 2 N–H and O–H groups in total. The first-order chi connectivity index (χ1) is 11.1. The Morgan fingerprint density at radius 2 is 1.87 bits per heavy atom. The molecule has 1 heterocycles. The van der Waals surface area contributed by atoms with Gasteiger partial charge in [0.2, 0.25) is 0 Å². The fourth-order valence-electron chi connectivity index (χ4n) is 1.76. The van der Waals surface area contributed by atoms with Crippen molar-refractivity contribution in [2.24, 2.45) is 0 Å². The molecule has 2 aromatic rings. The molecule has 0 saturated heterocycles. The van der Waals surface area contributed by atoms with Crippen LogP contribution in [0.25, 0.3) is 6.08 Å². The third-order valence-electron chi connectivity index (χ3n) is 2.88. The summed E-state index contributed by atoms with van der Waals surface area (Å²) in [4.78, 5) is 23.9. The molecule has 1 aromatic carbocycles. The van der Waals surface area contributed by atoms with Crippen LogP contribution >= 0.6 is 11.3 Å². The number of methoxy groups -OCH3 is 2. The molecule has 0 atom stereocenters. The fourth-order valence-corrected chi connectivity index (χ4v) is 2.38. The van der Waals surface area contributed by atoms with Gasteiger partial charge in [-0.15, -0.1) is 11.3 Å². The van der Waals surface area contributed by atoms with Crippen LogP contribution in [0, 0.1) is 0 Å². The van der Waals surface area contributed by atoms with Crippen LogP contribution in [0.2, 0.25) is 0 Å². The van der Waals surface area contributed by atoms with Gasteiger partial charge in [-0.2, -0.15) is 0 Å². The molecule has 120 valence electrons. The molecule has 0 aliphatic heterocycles. The Balaban J connectivity index is 1.92. The van der Waals surface area contributed by atoms with Crippen molar-refractivity contribution in [1.29, 1.82) is 0 Å². The second kappa shape index (κ2) is 8.00. The molecule has 2 rings (SSSR count). The van der Waals surface area contributed by atoms with E-state index in [-0.39, 0.29) is 5.91 Å². The number of thiophene rings is 1. The van der Waals surface area contributed by atoms with Crippen molar-refractivity contribution >= 4 is 29.2 Å². The maximum absolute atomic E-state index is 11.7. The summed E-state index contributed by atoms with van der Waals surface area (Å²) >= 11 is 1.29. The number of benzene rings is 1. The topological polar surface area (TPSA) is 76.7 Å². The molecule has 0 aliphatic rings. The van der Waals surface area contributed by atoms with Gasteiger partial charge in [-0.3, -0.25) is 20.4 Å². The Labute approximate surface area is 137 Å². The number of rotatable bonds is 5. The first kappa shape index (κ1) is 16.6. The fraction of sp³-hybridized carbons (Fsp3) is 0.125. The lowest BCUT2D eigenvalue weighted by molar-refractivity contribution is -0.117. The molecule has 23 heavy (non-hydrogen) atoms. The summed E-state index contributed by atoms with van der Waals surface area (Å²) in [6.07, 6.45) is 2.92. The smallest absolute Gasteiger partial charge is 0.279 e. The Morgan fingerprint density at radius 3 is 2.52 bits per heavy atom. The second-order valence-corrected chi connectivity index (χ2v) is 5.32. The van der Waals surface area contributed by atoms with Gasteiger partial charge in [-0.1, -0.05) is 12.1 Å². The molecule has 0 fully saturated rings. The van der Waals surface area contributed by atoms with E-state index in [4.69, 9.17) is 9.47 Å². The Hall–Kier alpha value is -2.80. The van der Waals surface area contributed by atoms with E-state index in [1.807, 2.05) is 0 Å². The summed E-state index contributed by atoms with van der Waals surface area (Å²) in [5, 5.41) is 1.79. The Kier molecular flexibility index (Phi) is 5.76. The van der Waals surface area contributed by atoms with Gasteiger partial charge in [0, 0.05) is 6.08 Å². The van der Waals surface area contributed by atoms with Crippen molar-refractivity contribution < 1.29 is 19.1 Å². The van der Waals surface area contributed by atoms with E-state index in [0.29, 0.717) is 16.4 Å². The number of ether oxygens (including phenoxy) is 2. The van der Waals surface area contributed by atoms with Gasteiger partial charge >= 0.3 is 0 Å². The molecule has 0 aliphatic carbocycles. The van der Waals surface area contributed by atoms with Crippen LogP contribution in [0.1, 0.15) is 15.2 Å². The zero-order chi connectivity index (χ0) is 16.7. The molecular weight excluding hydrogens is 316 g/mol. The van der Waals surface area contributed by atoms with Crippen molar-refractivity contribution in [3.63, 3.8) is 0 Å². The van der Waals surface area contributed by atoms with E-state index >= 15 is 0 Å². The SMILES string of the molecule is COc1ccc(/C=C\C(=O)NNC(=O)c2cccs2)cc1OC. The highest BCUT2D eigenvalue weighted by atomic mass is 32.1. The minimum Gasteiger partial charge on any atom is -0.493 e. The van der Waals surface area contributed by atoms with Crippen LogP contribution < -0.4 is 20.3 Å². The van der Waals surface area contributed by atoms with Crippen LogP contribution in [0.5, 0.6) is 11.5 Å². The molecule has 7 heteroatoms. The highest BCUT2D eigenvalue weighted by Gasteiger charge is 2.06. The summed E-state index contributed by atoms with van der Waals surface area (Å²) in [6.45, 7) is 0. The first-order valence-electron chi connectivity index (χ1n) is 6.68. The Morgan fingerprint density at radius 1 is 1.09 bits per heavy atom. The Bertz CT molecular complexity index is 711. The van der Waals surface area contributed by atoms with E-state index in [2.05, 4.69) is 10.9 Å². The minimum absolute atomic E-state index is 0.354. The van der Waals surface area contributed by atoms with Gasteiger partial charge < -0.3 is 9.47 Å². The lowest BCUT2D eigenvalue weighted by Gasteiger charge is -2.07. The average Bonchev–Trinajstić information content (AvgIpc) is 3.12. The van der Waals surface area contributed by atoms with Crippen molar-refractivity contribution in [1.82, 2.24) is 10.9 Å². The molecule has 0 bridgehead atoms. The van der Waals surface area contributed by atoms with Crippen molar-refractivity contribution in [3.05, 3.63) is 52.2 Å². The number of nitrogens with one attached hydrogen (secondary N) is 2. The second-order valence-electron chi connectivity index (χ2n) is 4.37. The normalized spacial score (nSPS) is 10.3. The van der Waals surface area contributed by atoms with Crippen LogP contribution in [-0.4, -0.2) is 26.0 Å². The summed E-state index contributed by atoms with van der Waals surface area (Å²) in [7, 11) is 3.09. The minimum atomic E-state index is -0.440. The predicted octanol–water partition coefficient (Wildman–Crippen LogP) is 2.24. The van der Waals surface area contributed by atoms with E-state index in [9.17, 15) is 9.59 Å². The third kappa shape index (κ3) is 4.58. The van der Waals surface area contributed by atoms with Crippen LogP contribution in [-0.2, 0) is 4.79 Å². The standard InChI is InChI=1S/C16H16N2O4S/c1-21-12-7-5-11(10-13(12)22-2)6-8-15(19)17-18-16(20)14-4-3-9-23-14/h3-10H,1-2H3,(H,17,19)(H,18,20)/b8-6-. The number of hydrogen-bond acceptors (Lipinski definition) is 5. The lowest BCUT2D eigenvalue weighted by atomic mass is 10.2. The number of carbonyl (C=O) groups excluding carboxylic acids is 2. The molecule has 0 spiro atoms. The maximum Gasteiger partial charge on any atom is 0.279 e. The van der Waals surface area contributed by atoms with E-state index in [1.54, 1.807) is 48.9 Å².